The van der Waals surface area contributed by atoms with Gasteiger partial charge < -0.3 is 0 Å². The van der Waals surface area contributed by atoms with Crippen molar-refractivity contribution in [1.29, 1.82) is 0 Å². The van der Waals surface area contributed by atoms with Crippen LogP contribution in [0.5, 0.6) is 0 Å². The van der Waals surface area contributed by atoms with E-state index in [1.165, 1.54) is 31.4 Å². The normalized spacial score (nSPS) is 16.7. The molecule has 0 bridgehead atoms. The zero-order valence-corrected chi connectivity index (χ0v) is 24.7. The fraction of sp³-hybridized carbons (Fsp3) is 0.222. The van der Waals surface area contributed by atoms with Gasteiger partial charge in [-0.05, 0) is 0 Å². The third kappa shape index (κ3) is 6.84. The van der Waals surface area contributed by atoms with Crippen molar-refractivity contribution in [1.82, 2.24) is 5.01 Å². The van der Waals surface area contributed by atoms with Crippen molar-refractivity contribution in [2.45, 2.75) is 23.1 Å². The van der Waals surface area contributed by atoms with E-state index in [2.05, 4.69) is 4.40 Å². The van der Waals surface area contributed by atoms with Crippen LogP contribution in [0, 0.1) is 5.92 Å². The summed E-state index contributed by atoms with van der Waals surface area (Å²) in [5.41, 5.74) is 2.70. The number of sulfonamides is 1. The maximum absolute atomic E-state index is 13.3. The molecule has 2 atom stereocenters. The van der Waals surface area contributed by atoms with Crippen LogP contribution in [0.3, 0.4) is 0 Å². The predicted octanol–water partition coefficient (Wildman–Crippen LogP) is 5.47. The molecule has 1 aliphatic heterocycles. The average molecular weight is 637 g/mol. The molecule has 11 heteroatoms. The van der Waals surface area contributed by atoms with Crippen LogP contribution in [0.1, 0.15) is 24.0 Å². The van der Waals surface area contributed by atoms with Crippen LogP contribution < -0.4 is 0 Å². The molecule has 0 aliphatic carbocycles. The van der Waals surface area contributed by atoms with Crippen molar-refractivity contribution in [3.05, 3.63) is 100 Å². The third-order valence-corrected chi connectivity index (χ3v) is 10.5. The molecule has 1 aliphatic rings. The number of rotatable bonds is 8. The van der Waals surface area contributed by atoms with Gasteiger partial charge in [0, 0.05) is 0 Å². The minimum atomic E-state index is -4.06. The molecule has 3 aromatic carbocycles. The zero-order chi connectivity index (χ0) is 27.3. The number of halogens is 2. The zero-order valence-electron chi connectivity index (χ0n) is 20.6. The molecule has 0 radical (unpaired) electrons. The average Bonchev–Trinajstić information content (AvgIpc) is 3.37. The summed E-state index contributed by atoms with van der Waals surface area (Å²) in [5.74, 6) is -0.911. The Kier molecular flexibility index (Phi) is 9.28. The third-order valence-electron chi connectivity index (χ3n) is 5.85. The molecule has 0 saturated carbocycles. The Labute approximate surface area is 238 Å². The molecule has 3 aromatic rings. The van der Waals surface area contributed by atoms with E-state index in [1.807, 2.05) is 42.5 Å². The Morgan fingerprint density at radius 2 is 1.66 bits per heavy atom. The van der Waals surface area contributed by atoms with Gasteiger partial charge in [-0.3, -0.25) is 0 Å². The molecule has 2 unspecified atom stereocenters. The fourth-order valence-corrected chi connectivity index (χ4v) is 7.64. The van der Waals surface area contributed by atoms with Crippen LogP contribution in [-0.4, -0.2) is 58.5 Å². The van der Waals surface area contributed by atoms with Gasteiger partial charge >= 0.3 is 240 Å². The van der Waals surface area contributed by atoms with E-state index in [4.69, 9.17) is 33.0 Å². The predicted molar refractivity (Wildman–Crippen MR) is 152 cm³/mol. The summed E-state index contributed by atoms with van der Waals surface area (Å²) < 4.78 is 36.0. The van der Waals surface area contributed by atoms with Crippen LogP contribution in [0.2, 0.25) is 15.4 Å². The number of carbonyl (C=O) groups excluding carboxylic acids is 1. The number of benzene rings is 3. The first-order valence-electron chi connectivity index (χ1n) is 11.7. The standard InChI is InChI=1S/C27H25Cl2N3O4SSe/c1-18(26(33)36-2)17-38-27(31-37(34,35)23-14-12-22(29)13-15-23)32-16-24(19-6-4-3-5-7-19)25(30-32)20-8-10-21(28)11-9-20/h3-15,18,24H,16-17H2,1-2H3/b31-27-. The molecular weight excluding hydrogens is 612 g/mol. The second-order valence-corrected chi connectivity index (χ2v) is 13.1. The second-order valence-electron chi connectivity index (χ2n) is 8.58. The second kappa shape index (κ2) is 12.5. The first kappa shape index (κ1) is 28.3. The van der Waals surface area contributed by atoms with Crippen LogP contribution >= 0.6 is 23.2 Å². The SMILES string of the molecule is COC(=O)C(C)C[Se]/C(=N\S(=O)(=O)c1ccc(Cl)cc1)N1CC(c2ccccc2)C(c2ccc(Cl)cc2)=N1. The molecule has 0 amide bonds. The number of methoxy groups -OCH3 is 1. The first-order valence-corrected chi connectivity index (χ1v) is 15.9. The molecular formula is C27H25Cl2N3O4SSe. The summed E-state index contributed by atoms with van der Waals surface area (Å²) in [6, 6.07) is 23.1. The monoisotopic (exact) mass is 637 g/mol. The van der Waals surface area contributed by atoms with Crippen LogP contribution in [0.25, 0.3) is 0 Å². The maximum atomic E-state index is 13.3. The number of esters is 1. The quantitative estimate of drug-likeness (QED) is 0.142. The summed E-state index contributed by atoms with van der Waals surface area (Å²) in [7, 11) is -2.72. The van der Waals surface area contributed by atoms with E-state index in [9.17, 15) is 13.2 Å². The molecule has 0 saturated heterocycles. The van der Waals surface area contributed by atoms with Crippen LogP contribution in [-0.2, 0) is 19.6 Å². The Morgan fingerprint density at radius 1 is 1.05 bits per heavy atom. The number of amidine groups is 1. The van der Waals surface area contributed by atoms with Crippen molar-refractivity contribution in [3.8, 4) is 0 Å². The van der Waals surface area contributed by atoms with Gasteiger partial charge in [0.25, 0.3) is 0 Å². The number of hydrogen-bond donors (Lipinski definition) is 0. The topological polar surface area (TPSA) is 88.4 Å². The molecule has 0 aromatic heterocycles. The Hall–Kier alpha value is -2.68. The molecule has 4 rings (SSSR count). The van der Waals surface area contributed by atoms with Crippen LogP contribution in [0.4, 0.5) is 0 Å². The van der Waals surface area contributed by atoms with E-state index >= 15 is 0 Å². The van der Waals surface area contributed by atoms with Crippen molar-refractivity contribution < 1.29 is 17.9 Å². The summed E-state index contributed by atoms with van der Waals surface area (Å²) in [4.78, 5) is 12.1. The first-order chi connectivity index (χ1) is 18.2. The molecule has 1 heterocycles. The molecule has 7 nitrogen and oxygen atoms in total. The van der Waals surface area contributed by atoms with E-state index in [-0.39, 0.29) is 16.8 Å². The molecule has 198 valence electrons. The molecule has 0 N–H and O–H groups in total. The summed E-state index contributed by atoms with van der Waals surface area (Å²) >= 11 is 11.6. The van der Waals surface area contributed by atoms with Gasteiger partial charge in [-0.25, -0.2) is 0 Å². The molecule has 0 fully saturated rings. The van der Waals surface area contributed by atoms with Gasteiger partial charge in [0.2, 0.25) is 0 Å². The van der Waals surface area contributed by atoms with Gasteiger partial charge in [-0.1, -0.05) is 0 Å². The van der Waals surface area contributed by atoms with E-state index in [0.29, 0.717) is 26.6 Å². The number of ether oxygens (including phenoxy) is 1. The van der Waals surface area contributed by atoms with Gasteiger partial charge in [-0.15, -0.1) is 0 Å². The Morgan fingerprint density at radius 3 is 2.26 bits per heavy atom. The van der Waals surface area contributed by atoms with Gasteiger partial charge in [0.05, 0.1) is 0 Å². The van der Waals surface area contributed by atoms with Gasteiger partial charge in [-0.2, -0.15) is 0 Å². The number of nitrogens with zero attached hydrogens (tertiary/aromatic N) is 3. The van der Waals surface area contributed by atoms with Crippen molar-refractivity contribution in [2.75, 3.05) is 13.7 Å². The van der Waals surface area contributed by atoms with Gasteiger partial charge in [0.15, 0.2) is 0 Å². The van der Waals surface area contributed by atoms with Crippen LogP contribution in [0.15, 0.2) is 93.3 Å². The Bertz CT molecular complexity index is 1450. The van der Waals surface area contributed by atoms with E-state index in [0.717, 1.165) is 16.8 Å². The summed E-state index contributed by atoms with van der Waals surface area (Å²) in [6.45, 7) is 2.14. The van der Waals surface area contributed by atoms with Crippen molar-refractivity contribution >= 4 is 64.6 Å². The van der Waals surface area contributed by atoms with Gasteiger partial charge in [0.1, 0.15) is 0 Å². The number of hydrazone groups is 1. The number of carbonyl (C=O) groups is 1. The van der Waals surface area contributed by atoms with Crippen molar-refractivity contribution in [2.24, 2.45) is 15.4 Å². The summed E-state index contributed by atoms with van der Waals surface area (Å²) in [5, 5.41) is 7.95. The minimum absolute atomic E-state index is 0.0249. The Balaban J connectivity index is 1.76. The van der Waals surface area contributed by atoms with E-state index < -0.39 is 30.9 Å². The fourth-order valence-electron chi connectivity index (χ4n) is 3.83. The summed E-state index contributed by atoms with van der Waals surface area (Å²) in [6.07, 6.45) is 0. The van der Waals surface area contributed by atoms with E-state index in [1.54, 1.807) is 24.1 Å². The van der Waals surface area contributed by atoms with Crippen molar-refractivity contribution in [3.63, 3.8) is 0 Å². The number of hydrogen-bond acceptors (Lipinski definition) is 5. The molecule has 0 spiro atoms. The molecule has 38 heavy (non-hydrogen) atoms.